The van der Waals surface area contributed by atoms with Crippen LogP contribution in [0.2, 0.25) is 0 Å². The SMILES string of the molecule is CC(C)C1SC(O)NC1O. The molecule has 3 atom stereocenters. The van der Waals surface area contributed by atoms with Gasteiger partial charge >= 0.3 is 0 Å². The van der Waals surface area contributed by atoms with Gasteiger partial charge in [0.05, 0.1) is 5.25 Å². The summed E-state index contributed by atoms with van der Waals surface area (Å²) in [5.74, 6) is 0.393. The monoisotopic (exact) mass is 163 g/mol. The van der Waals surface area contributed by atoms with Gasteiger partial charge in [0.15, 0.2) is 5.56 Å². The van der Waals surface area contributed by atoms with Gasteiger partial charge in [0.1, 0.15) is 6.23 Å². The molecule has 0 spiro atoms. The Morgan fingerprint density at radius 1 is 1.40 bits per heavy atom. The zero-order chi connectivity index (χ0) is 7.72. The summed E-state index contributed by atoms with van der Waals surface area (Å²) in [4.78, 5) is 0. The summed E-state index contributed by atoms with van der Waals surface area (Å²) in [5, 5.41) is 21.0. The highest BCUT2D eigenvalue weighted by Crippen LogP contribution is 2.29. The van der Waals surface area contributed by atoms with Crippen LogP contribution in [0.3, 0.4) is 0 Å². The van der Waals surface area contributed by atoms with Gasteiger partial charge in [-0.1, -0.05) is 13.8 Å². The summed E-state index contributed by atoms with van der Waals surface area (Å²) < 4.78 is 0. The fraction of sp³-hybridized carbons (Fsp3) is 1.00. The fourth-order valence-electron chi connectivity index (χ4n) is 1.03. The Morgan fingerprint density at radius 2 is 2.00 bits per heavy atom. The molecular weight excluding hydrogens is 150 g/mol. The minimum atomic E-state index is -0.595. The second kappa shape index (κ2) is 3.09. The second-order valence-electron chi connectivity index (χ2n) is 2.81. The molecule has 3 N–H and O–H groups in total. The molecule has 1 aliphatic rings. The van der Waals surface area contributed by atoms with E-state index in [4.69, 9.17) is 5.11 Å². The van der Waals surface area contributed by atoms with Crippen LogP contribution < -0.4 is 5.32 Å². The van der Waals surface area contributed by atoms with Gasteiger partial charge in [-0.05, 0) is 5.92 Å². The number of rotatable bonds is 1. The number of aliphatic hydroxyl groups excluding tert-OH is 2. The molecule has 10 heavy (non-hydrogen) atoms. The van der Waals surface area contributed by atoms with Gasteiger partial charge in [-0.25, -0.2) is 0 Å². The molecule has 3 unspecified atom stereocenters. The highest BCUT2D eigenvalue weighted by Gasteiger charge is 2.33. The molecule has 1 saturated heterocycles. The number of thioether (sulfide) groups is 1. The standard InChI is InChI=1S/C6H13NO2S/c1-3(2)4-5(8)7-6(9)10-4/h3-9H,1-2H3. The molecule has 4 heteroatoms. The summed E-state index contributed by atoms with van der Waals surface area (Å²) in [6.07, 6.45) is -0.556. The van der Waals surface area contributed by atoms with E-state index in [0.717, 1.165) is 0 Å². The van der Waals surface area contributed by atoms with Crippen LogP contribution in [0.25, 0.3) is 0 Å². The normalized spacial score (nSPS) is 41.1. The number of nitrogens with one attached hydrogen (secondary N) is 1. The highest BCUT2D eigenvalue weighted by atomic mass is 32.2. The molecule has 1 aliphatic heterocycles. The van der Waals surface area contributed by atoms with E-state index in [1.54, 1.807) is 0 Å². The van der Waals surface area contributed by atoms with E-state index in [1.807, 2.05) is 13.8 Å². The molecule has 0 saturated carbocycles. The first-order valence-electron chi connectivity index (χ1n) is 3.39. The third-order valence-corrected chi connectivity index (χ3v) is 3.08. The first-order chi connectivity index (χ1) is 4.61. The van der Waals surface area contributed by atoms with Gasteiger partial charge in [-0.3, -0.25) is 5.32 Å². The predicted molar refractivity (Wildman–Crippen MR) is 41.4 cm³/mol. The molecule has 0 radical (unpaired) electrons. The summed E-state index contributed by atoms with van der Waals surface area (Å²) in [6.45, 7) is 4.06. The Balaban J connectivity index is 2.46. The predicted octanol–water partition coefficient (Wildman–Crippen LogP) is -0.0583. The van der Waals surface area contributed by atoms with E-state index in [1.165, 1.54) is 11.8 Å². The molecule has 1 rings (SSSR count). The average molecular weight is 163 g/mol. The molecule has 1 heterocycles. The highest BCUT2D eigenvalue weighted by molar-refractivity contribution is 8.00. The fourth-order valence-corrected chi connectivity index (χ4v) is 2.08. The number of aliphatic hydroxyl groups is 2. The van der Waals surface area contributed by atoms with Crippen molar-refractivity contribution in [1.82, 2.24) is 5.32 Å². The molecule has 3 nitrogen and oxygen atoms in total. The lowest BCUT2D eigenvalue weighted by Crippen LogP contribution is -2.34. The molecule has 0 amide bonds. The molecule has 0 bridgehead atoms. The van der Waals surface area contributed by atoms with Crippen LogP contribution in [-0.4, -0.2) is 27.3 Å². The minimum absolute atomic E-state index is 0.120. The van der Waals surface area contributed by atoms with Crippen molar-refractivity contribution in [2.75, 3.05) is 0 Å². The minimum Gasteiger partial charge on any atom is -0.377 e. The average Bonchev–Trinajstić information content (AvgIpc) is 2.10. The van der Waals surface area contributed by atoms with Crippen molar-refractivity contribution in [1.29, 1.82) is 0 Å². The van der Waals surface area contributed by atoms with Crippen LogP contribution in [0.15, 0.2) is 0 Å². The van der Waals surface area contributed by atoms with E-state index in [-0.39, 0.29) is 5.25 Å². The van der Waals surface area contributed by atoms with Gasteiger partial charge in [0, 0.05) is 0 Å². The Hall–Kier alpha value is 0.230. The van der Waals surface area contributed by atoms with E-state index >= 15 is 0 Å². The lowest BCUT2D eigenvalue weighted by Gasteiger charge is -2.15. The van der Waals surface area contributed by atoms with Crippen molar-refractivity contribution in [3.8, 4) is 0 Å². The molecule has 1 fully saturated rings. The maximum atomic E-state index is 9.24. The van der Waals surface area contributed by atoms with Gasteiger partial charge in [0.25, 0.3) is 0 Å². The zero-order valence-corrected chi connectivity index (χ0v) is 6.93. The summed E-state index contributed by atoms with van der Waals surface area (Å²) in [5.41, 5.74) is -0.595. The van der Waals surface area contributed by atoms with E-state index in [2.05, 4.69) is 5.32 Å². The maximum absolute atomic E-state index is 9.24. The van der Waals surface area contributed by atoms with Crippen LogP contribution in [0.5, 0.6) is 0 Å². The smallest absolute Gasteiger partial charge is 0.155 e. The van der Waals surface area contributed by atoms with Crippen LogP contribution in [-0.2, 0) is 0 Å². The molecule has 0 aromatic carbocycles. The molecule has 0 aromatic rings. The van der Waals surface area contributed by atoms with Gasteiger partial charge in [-0.15, -0.1) is 11.8 Å². The van der Waals surface area contributed by atoms with Crippen LogP contribution in [0.1, 0.15) is 13.8 Å². The summed E-state index contributed by atoms with van der Waals surface area (Å²) in [7, 11) is 0. The van der Waals surface area contributed by atoms with E-state index < -0.39 is 11.8 Å². The topological polar surface area (TPSA) is 52.5 Å². The molecular formula is C6H13NO2S. The van der Waals surface area contributed by atoms with Crippen molar-refractivity contribution < 1.29 is 10.2 Å². The quantitative estimate of drug-likeness (QED) is 0.507. The largest absolute Gasteiger partial charge is 0.377 e. The molecule has 0 aromatic heterocycles. The van der Waals surface area contributed by atoms with Crippen LogP contribution >= 0.6 is 11.8 Å². The van der Waals surface area contributed by atoms with Crippen molar-refractivity contribution in [2.24, 2.45) is 5.92 Å². The molecule has 0 aliphatic carbocycles. The van der Waals surface area contributed by atoms with Gasteiger partial charge < -0.3 is 10.2 Å². The van der Waals surface area contributed by atoms with E-state index in [0.29, 0.717) is 5.92 Å². The van der Waals surface area contributed by atoms with Gasteiger partial charge in [-0.2, -0.15) is 0 Å². The molecule has 60 valence electrons. The second-order valence-corrected chi connectivity index (χ2v) is 4.07. The van der Waals surface area contributed by atoms with Crippen LogP contribution in [0, 0.1) is 5.92 Å². The van der Waals surface area contributed by atoms with Crippen molar-refractivity contribution in [3.05, 3.63) is 0 Å². The maximum Gasteiger partial charge on any atom is 0.155 e. The first-order valence-corrected chi connectivity index (χ1v) is 4.33. The lowest BCUT2D eigenvalue weighted by molar-refractivity contribution is 0.0918. The first kappa shape index (κ1) is 8.33. The Bertz CT molecular complexity index is 120. The van der Waals surface area contributed by atoms with Crippen LogP contribution in [0.4, 0.5) is 0 Å². The summed E-state index contributed by atoms with van der Waals surface area (Å²) >= 11 is 1.38. The zero-order valence-electron chi connectivity index (χ0n) is 6.11. The van der Waals surface area contributed by atoms with Crippen molar-refractivity contribution in [3.63, 3.8) is 0 Å². The van der Waals surface area contributed by atoms with Crippen molar-refractivity contribution in [2.45, 2.75) is 30.9 Å². The third-order valence-electron chi connectivity index (χ3n) is 1.57. The number of hydrogen-bond donors (Lipinski definition) is 3. The number of hydrogen-bond acceptors (Lipinski definition) is 4. The summed E-state index contributed by atoms with van der Waals surface area (Å²) in [6, 6.07) is 0. The third kappa shape index (κ3) is 1.63. The Morgan fingerprint density at radius 3 is 2.20 bits per heavy atom. The Labute approximate surface area is 64.8 Å². The Kier molecular flexibility index (Phi) is 2.57. The van der Waals surface area contributed by atoms with Crippen molar-refractivity contribution >= 4 is 11.8 Å². The van der Waals surface area contributed by atoms with Gasteiger partial charge in [0.2, 0.25) is 0 Å². The lowest BCUT2D eigenvalue weighted by atomic mass is 10.1. The van der Waals surface area contributed by atoms with E-state index in [9.17, 15) is 5.11 Å².